The molecule has 0 amide bonds. The van der Waals surface area contributed by atoms with Gasteiger partial charge >= 0.3 is 0 Å². The third-order valence-corrected chi connectivity index (χ3v) is 12.7. The summed E-state index contributed by atoms with van der Waals surface area (Å²) in [4.78, 5) is 10.5. The largest absolute Gasteiger partial charge is 0.507 e. The molecule has 0 radical (unpaired) electrons. The van der Waals surface area contributed by atoms with Gasteiger partial charge in [0.25, 0.3) is 0 Å². The topological polar surface area (TPSA) is 50.9 Å². The second kappa shape index (κ2) is 17.8. The van der Waals surface area contributed by atoms with Crippen LogP contribution in [0.25, 0.3) is 72.7 Å². The van der Waals surface area contributed by atoms with Gasteiger partial charge < -0.3 is 5.11 Å². The number of para-hydroxylation sites is 1. The van der Waals surface area contributed by atoms with Gasteiger partial charge in [-0.2, -0.15) is 0 Å². The van der Waals surface area contributed by atoms with Gasteiger partial charge in [-0.1, -0.05) is 200 Å². The number of nitrogens with zero attached hydrogens (tertiary/aromatic N) is 3. The number of rotatable bonds is 6. The molecule has 67 heavy (non-hydrogen) atoms. The Bertz CT molecular complexity index is 3160. The summed E-state index contributed by atoms with van der Waals surface area (Å²) in [7, 11) is 0. The summed E-state index contributed by atoms with van der Waals surface area (Å²) in [6, 6.07) is 44.9. The number of phenols is 1. The molecule has 0 saturated heterocycles. The Labute approximate surface area is 418 Å². The van der Waals surface area contributed by atoms with E-state index in [4.69, 9.17) is 9.97 Å². The van der Waals surface area contributed by atoms with Crippen molar-refractivity contribution in [3.05, 3.63) is 167 Å². The van der Waals surface area contributed by atoms with E-state index in [2.05, 4.69) is 182 Å². The number of fused-ring (bicyclic) bond motifs is 1. The quantitative estimate of drug-likeness (QED) is 0.169. The summed E-state index contributed by atoms with van der Waals surface area (Å²) in [5.41, 5.74) is 13.6. The monoisotopic (exact) mass is 1070 g/mol. The van der Waals surface area contributed by atoms with Crippen molar-refractivity contribution in [1.29, 1.82) is 0 Å². The van der Waals surface area contributed by atoms with E-state index in [9.17, 15) is 7.85 Å². The second-order valence-corrected chi connectivity index (χ2v) is 23.2. The first-order chi connectivity index (χ1) is 31.6. The van der Waals surface area contributed by atoms with Crippen LogP contribution in [0.2, 0.25) is 0 Å². The van der Waals surface area contributed by atoms with Gasteiger partial charge in [-0.05, 0) is 90.8 Å². The molecular formula is C62H68N3OPt-. The minimum atomic E-state index is -0.616. The molecular weight excluding hydrogens is 998 g/mol. The Hall–Kier alpha value is -5.57. The van der Waals surface area contributed by atoms with Crippen LogP contribution in [0.1, 0.15) is 134 Å². The van der Waals surface area contributed by atoms with Crippen LogP contribution in [0.4, 0.5) is 0 Å². The molecule has 1 N–H and O–H groups in total. The first-order valence-corrected chi connectivity index (χ1v) is 23.4. The molecule has 348 valence electrons. The Morgan fingerprint density at radius 3 is 1.73 bits per heavy atom. The molecule has 2 aromatic heterocycles. The average Bonchev–Trinajstić information content (AvgIpc) is 3.63. The van der Waals surface area contributed by atoms with E-state index in [1.807, 2.05) is 53.8 Å². The molecule has 0 spiro atoms. The Kier molecular flexibility index (Phi) is 12.4. The van der Waals surface area contributed by atoms with Gasteiger partial charge in [0.2, 0.25) is 0 Å². The van der Waals surface area contributed by atoms with Crippen LogP contribution in [-0.2, 0) is 48.1 Å². The van der Waals surface area contributed by atoms with Crippen LogP contribution in [-0.4, -0.2) is 19.6 Å². The van der Waals surface area contributed by atoms with Crippen molar-refractivity contribution in [3.63, 3.8) is 0 Å². The van der Waals surface area contributed by atoms with Crippen LogP contribution < -0.4 is 0 Å². The van der Waals surface area contributed by atoms with Crippen molar-refractivity contribution >= 4 is 11.0 Å². The van der Waals surface area contributed by atoms with E-state index in [0.717, 1.165) is 61.4 Å². The fourth-order valence-electron chi connectivity index (χ4n) is 8.58. The molecule has 0 bridgehead atoms. The summed E-state index contributed by atoms with van der Waals surface area (Å²) in [6.07, 6.45) is 1.88. The maximum absolute atomic E-state index is 12.7. The van der Waals surface area contributed by atoms with E-state index in [1.165, 1.54) is 11.1 Å². The van der Waals surface area contributed by atoms with Gasteiger partial charge in [-0.15, -0.1) is 29.3 Å². The molecule has 0 atom stereocenters. The van der Waals surface area contributed by atoms with Crippen LogP contribution in [0.5, 0.6) is 5.75 Å². The maximum Gasteiger partial charge on any atom is 0.148 e. The third kappa shape index (κ3) is 10.0. The zero-order valence-corrected chi connectivity index (χ0v) is 44.4. The molecule has 8 aromatic rings. The van der Waals surface area contributed by atoms with Gasteiger partial charge in [0.05, 0.1) is 25.0 Å². The van der Waals surface area contributed by atoms with Gasteiger partial charge in [0.15, 0.2) is 0 Å². The first kappa shape index (κ1) is 46.5. The van der Waals surface area contributed by atoms with Crippen molar-refractivity contribution < 1.29 is 28.9 Å². The minimum Gasteiger partial charge on any atom is -0.507 e. The second-order valence-electron chi connectivity index (χ2n) is 23.2. The van der Waals surface area contributed by atoms with Crippen LogP contribution in [0, 0.1) is 6.07 Å². The summed E-state index contributed by atoms with van der Waals surface area (Å²) in [5.74, 6) is 0.347. The number of pyridine rings is 1. The number of hydrogen-bond donors (Lipinski definition) is 1. The number of aromatic nitrogens is 3. The fraction of sp³-hybridized carbons (Fsp3) is 0.323. The molecule has 0 aliphatic rings. The van der Waals surface area contributed by atoms with Gasteiger partial charge in [0, 0.05) is 44.1 Å². The summed E-state index contributed by atoms with van der Waals surface area (Å²) in [6.45, 7) is 32.2. The molecule has 2 heterocycles. The summed E-state index contributed by atoms with van der Waals surface area (Å²) in [5, 5.41) is 12.7. The molecule has 0 aliphatic heterocycles. The average molecular weight is 1070 g/mol. The van der Waals surface area contributed by atoms with Crippen molar-refractivity contribution in [2.45, 2.75) is 131 Å². The Balaban J connectivity index is 0.00000703. The predicted octanol–water partition coefficient (Wildman–Crippen LogP) is 16.7. The van der Waals surface area contributed by atoms with Crippen LogP contribution in [0.3, 0.4) is 0 Å². The minimum absolute atomic E-state index is 0. The third-order valence-electron chi connectivity index (χ3n) is 12.7. The van der Waals surface area contributed by atoms with E-state index in [1.54, 1.807) is 0 Å². The van der Waals surface area contributed by atoms with Crippen molar-refractivity contribution in [3.8, 4) is 67.5 Å². The van der Waals surface area contributed by atoms with Gasteiger partial charge in [-0.3, -0.25) is 9.55 Å². The Morgan fingerprint density at radius 2 is 1.12 bits per heavy atom. The molecule has 0 saturated carbocycles. The zero-order chi connectivity index (χ0) is 49.5. The SMILES string of the molecule is [2H]c1c(-c2nc3c(-c4[c-]c(-c5cc(-c6ccc(C(C)(C)C)cc6)ccn5)cc(C(C)(C)C)c4)cccc3n2-c2ccc(C(C)(C)C)cc2-c2ccccc2)c(O)c(C(C)(C)C)c([2H])c1C(C)(C)C.[Pt]. The molecule has 0 fully saturated rings. The first-order valence-electron chi connectivity index (χ1n) is 24.4. The van der Waals surface area contributed by atoms with Gasteiger partial charge in [-0.25, -0.2) is 4.98 Å². The van der Waals surface area contributed by atoms with Crippen molar-refractivity contribution in [2.75, 3.05) is 0 Å². The smallest absolute Gasteiger partial charge is 0.148 e. The fourth-order valence-corrected chi connectivity index (χ4v) is 8.58. The Morgan fingerprint density at radius 1 is 0.507 bits per heavy atom. The zero-order valence-electron chi connectivity index (χ0n) is 44.2. The normalized spacial score (nSPS) is 13.1. The molecule has 0 unspecified atom stereocenters. The van der Waals surface area contributed by atoms with E-state index in [-0.39, 0.29) is 55.1 Å². The number of phenolic OH excluding ortho intramolecular Hbond substituents is 1. The molecule has 6 aromatic carbocycles. The molecule has 8 rings (SSSR count). The van der Waals surface area contributed by atoms with Crippen LogP contribution in [0.15, 0.2) is 134 Å². The van der Waals surface area contributed by atoms with Crippen molar-refractivity contribution in [2.24, 2.45) is 0 Å². The molecule has 0 aliphatic carbocycles. The molecule has 5 heteroatoms. The number of benzene rings is 6. The summed E-state index contributed by atoms with van der Waals surface area (Å²) < 4.78 is 21.7. The van der Waals surface area contributed by atoms with E-state index in [0.29, 0.717) is 28.0 Å². The number of imidazole rings is 1. The standard InChI is InChI=1S/C62H68N3O.Pt/c1-58(2,3)44-26-24-39(25-27-44)41-30-31-63-52(35-41)43-32-42(33-46(34-43)60(7,8)9)48-22-19-23-54-55(48)64-57(50-37-47(61(10,11)12)38-51(56(50)66)62(13,14)15)65(54)53-29-28-45(59(4,5)6)36-49(53)40-20-17-16-18-21-40;/h16-31,33-38,66H,1-15H3;/q-1;/i37D,38D;. The number of aromatic hydroxyl groups is 1. The van der Waals surface area contributed by atoms with Gasteiger partial charge in [0.1, 0.15) is 11.6 Å². The summed E-state index contributed by atoms with van der Waals surface area (Å²) >= 11 is 0. The number of hydrogen-bond acceptors (Lipinski definition) is 3. The van der Waals surface area contributed by atoms with E-state index < -0.39 is 10.8 Å². The molecule has 4 nitrogen and oxygen atoms in total. The van der Waals surface area contributed by atoms with Crippen LogP contribution >= 0.6 is 0 Å². The van der Waals surface area contributed by atoms with Crippen molar-refractivity contribution in [1.82, 2.24) is 14.5 Å². The maximum atomic E-state index is 12.7. The predicted molar refractivity (Wildman–Crippen MR) is 280 cm³/mol. The van der Waals surface area contributed by atoms with E-state index >= 15 is 0 Å².